The molecule has 0 aliphatic rings. The van der Waals surface area contributed by atoms with E-state index < -0.39 is 0 Å². The summed E-state index contributed by atoms with van der Waals surface area (Å²) in [5, 5.41) is 3.22. The van der Waals surface area contributed by atoms with E-state index >= 15 is 0 Å². The van der Waals surface area contributed by atoms with E-state index in [1.165, 1.54) is 0 Å². The molecule has 3 rings (SSSR count). The molecule has 0 aliphatic carbocycles. The summed E-state index contributed by atoms with van der Waals surface area (Å²) in [6.07, 6.45) is 5.46. The van der Waals surface area contributed by atoms with E-state index in [2.05, 4.69) is 22.2 Å². The van der Waals surface area contributed by atoms with Crippen molar-refractivity contribution >= 4 is 22.8 Å². The molecule has 0 spiro atoms. The lowest BCUT2D eigenvalue weighted by atomic mass is 10.3. The number of aromatic nitrogens is 3. The Hall–Kier alpha value is -2.50. The number of imidazole rings is 1. The zero-order valence-corrected chi connectivity index (χ0v) is 10.6. The van der Waals surface area contributed by atoms with Gasteiger partial charge in [-0.15, -0.1) is 0 Å². The Bertz CT molecular complexity index is 673. The van der Waals surface area contributed by atoms with Crippen LogP contribution in [0, 0.1) is 0 Å². The first-order valence-electron chi connectivity index (χ1n) is 6.09. The lowest BCUT2D eigenvalue weighted by Gasteiger charge is -2.12. The number of rotatable bonds is 4. The fourth-order valence-electron chi connectivity index (χ4n) is 1.97. The number of hydrogen-bond donors (Lipinski definition) is 2. The predicted octanol–water partition coefficient (Wildman–Crippen LogP) is 2.11. The molecule has 0 amide bonds. The van der Waals surface area contributed by atoms with Crippen molar-refractivity contribution in [2.75, 3.05) is 11.1 Å². The molecule has 3 N–H and O–H groups in total. The summed E-state index contributed by atoms with van der Waals surface area (Å²) >= 11 is 0. The first kappa shape index (κ1) is 11.6. The average Bonchev–Trinajstić information content (AvgIpc) is 2.97. The molecule has 98 valence electrons. The Morgan fingerprint density at radius 3 is 3.16 bits per heavy atom. The van der Waals surface area contributed by atoms with Gasteiger partial charge < -0.3 is 20.0 Å². The minimum atomic E-state index is 0.180. The maximum Gasteiger partial charge on any atom is 0.295 e. The zero-order valence-electron chi connectivity index (χ0n) is 10.6. The van der Waals surface area contributed by atoms with Crippen LogP contribution in [0.25, 0.3) is 11.1 Å². The molecule has 6 nitrogen and oxygen atoms in total. The molecule has 1 unspecified atom stereocenters. The van der Waals surface area contributed by atoms with Gasteiger partial charge in [0, 0.05) is 30.7 Å². The third kappa shape index (κ3) is 2.52. The van der Waals surface area contributed by atoms with Crippen LogP contribution in [0.15, 0.2) is 41.3 Å². The monoisotopic (exact) mass is 257 g/mol. The number of oxazole rings is 1. The number of nitrogens with one attached hydrogen (secondary N) is 1. The summed E-state index contributed by atoms with van der Waals surface area (Å²) in [5.74, 6) is 0. The fraction of sp³-hybridized carbons (Fsp3) is 0.231. The Balaban J connectivity index is 1.74. The molecule has 19 heavy (non-hydrogen) atoms. The molecule has 1 atom stereocenters. The second-order valence-corrected chi connectivity index (χ2v) is 4.55. The fourth-order valence-corrected chi connectivity index (χ4v) is 1.97. The van der Waals surface area contributed by atoms with Gasteiger partial charge in [-0.2, -0.15) is 4.98 Å². The highest BCUT2D eigenvalue weighted by Crippen LogP contribution is 2.21. The third-order valence-corrected chi connectivity index (χ3v) is 2.83. The molecule has 1 aromatic carbocycles. The summed E-state index contributed by atoms with van der Waals surface area (Å²) in [6, 6.07) is 6.10. The lowest BCUT2D eigenvalue weighted by Crippen LogP contribution is -2.21. The van der Waals surface area contributed by atoms with Crippen molar-refractivity contribution in [1.82, 2.24) is 14.5 Å². The van der Waals surface area contributed by atoms with Gasteiger partial charge in [-0.3, -0.25) is 0 Å². The first-order chi connectivity index (χ1) is 9.20. The zero-order chi connectivity index (χ0) is 13.2. The summed E-state index contributed by atoms with van der Waals surface area (Å²) in [5.41, 5.74) is 7.88. The predicted molar refractivity (Wildman–Crippen MR) is 73.7 cm³/mol. The lowest BCUT2D eigenvalue weighted by molar-refractivity contribution is 0.566. The van der Waals surface area contributed by atoms with Crippen molar-refractivity contribution in [3.05, 3.63) is 36.9 Å². The van der Waals surface area contributed by atoms with Gasteiger partial charge in [0.1, 0.15) is 5.52 Å². The highest BCUT2D eigenvalue weighted by atomic mass is 16.4. The molecule has 0 fully saturated rings. The molecule has 6 heteroatoms. The number of anilines is 2. The summed E-state index contributed by atoms with van der Waals surface area (Å²) < 4.78 is 7.61. The normalized spacial score (nSPS) is 12.7. The van der Waals surface area contributed by atoms with Gasteiger partial charge in [0.2, 0.25) is 0 Å². The quantitative estimate of drug-likeness (QED) is 0.699. The van der Waals surface area contributed by atoms with Crippen molar-refractivity contribution in [3.8, 4) is 0 Å². The van der Waals surface area contributed by atoms with E-state index in [9.17, 15) is 0 Å². The van der Waals surface area contributed by atoms with E-state index in [-0.39, 0.29) is 6.04 Å². The number of nitrogen functional groups attached to an aromatic ring is 1. The van der Waals surface area contributed by atoms with E-state index in [1.54, 1.807) is 24.7 Å². The molecule has 2 heterocycles. The van der Waals surface area contributed by atoms with Crippen molar-refractivity contribution in [3.63, 3.8) is 0 Å². The summed E-state index contributed by atoms with van der Waals surface area (Å²) in [7, 11) is 0. The van der Waals surface area contributed by atoms with Crippen molar-refractivity contribution in [2.24, 2.45) is 0 Å². The van der Waals surface area contributed by atoms with Crippen LogP contribution in [-0.4, -0.2) is 20.6 Å². The van der Waals surface area contributed by atoms with Crippen LogP contribution in [0.3, 0.4) is 0 Å². The molecular formula is C13H15N5O. The van der Waals surface area contributed by atoms with Gasteiger partial charge in [0.05, 0.1) is 6.33 Å². The van der Waals surface area contributed by atoms with Gasteiger partial charge in [-0.05, 0) is 25.1 Å². The summed E-state index contributed by atoms with van der Waals surface area (Å²) in [4.78, 5) is 8.37. The smallest absolute Gasteiger partial charge is 0.295 e. The number of nitrogens with two attached hydrogens (primary N) is 1. The maximum atomic E-state index is 5.71. The van der Waals surface area contributed by atoms with Gasteiger partial charge in [-0.25, -0.2) is 4.98 Å². The average molecular weight is 257 g/mol. The number of benzene rings is 1. The number of nitrogens with zero attached hydrogens (tertiary/aromatic N) is 3. The number of hydrogen-bond acceptors (Lipinski definition) is 5. The Morgan fingerprint density at radius 1 is 1.47 bits per heavy atom. The first-order valence-corrected chi connectivity index (χ1v) is 6.09. The van der Waals surface area contributed by atoms with Crippen molar-refractivity contribution < 1.29 is 4.42 Å². The molecule has 0 bridgehead atoms. The maximum absolute atomic E-state index is 5.71. The van der Waals surface area contributed by atoms with Crippen LogP contribution in [0.1, 0.15) is 6.92 Å². The van der Waals surface area contributed by atoms with Crippen molar-refractivity contribution in [1.29, 1.82) is 0 Å². The largest absolute Gasteiger partial charge is 0.424 e. The second-order valence-electron chi connectivity index (χ2n) is 4.55. The van der Waals surface area contributed by atoms with E-state index in [0.717, 1.165) is 17.6 Å². The van der Waals surface area contributed by atoms with Gasteiger partial charge >= 0.3 is 0 Å². The summed E-state index contributed by atoms with van der Waals surface area (Å²) in [6.45, 7) is 2.85. The SMILES string of the molecule is CC(Cn1ccnc1)Nc1nc2cc(N)ccc2o1. The highest BCUT2D eigenvalue weighted by Gasteiger charge is 2.09. The van der Waals surface area contributed by atoms with Crippen LogP contribution in [-0.2, 0) is 6.54 Å². The van der Waals surface area contributed by atoms with Gasteiger partial charge in [0.15, 0.2) is 5.58 Å². The molecule has 2 aromatic heterocycles. The topological polar surface area (TPSA) is 81.9 Å². The van der Waals surface area contributed by atoms with Gasteiger partial charge in [-0.1, -0.05) is 0 Å². The van der Waals surface area contributed by atoms with Crippen molar-refractivity contribution in [2.45, 2.75) is 19.5 Å². The van der Waals surface area contributed by atoms with Crippen LogP contribution < -0.4 is 11.1 Å². The third-order valence-electron chi connectivity index (χ3n) is 2.83. The van der Waals surface area contributed by atoms with Crippen LogP contribution >= 0.6 is 0 Å². The minimum absolute atomic E-state index is 0.180. The second kappa shape index (κ2) is 4.64. The minimum Gasteiger partial charge on any atom is -0.424 e. The number of fused-ring (bicyclic) bond motifs is 1. The van der Waals surface area contributed by atoms with Crippen LogP contribution in [0.2, 0.25) is 0 Å². The Kier molecular flexibility index (Phi) is 2.83. The highest BCUT2D eigenvalue weighted by molar-refractivity contribution is 5.78. The van der Waals surface area contributed by atoms with Crippen LogP contribution in [0.4, 0.5) is 11.7 Å². The molecule has 0 saturated carbocycles. The van der Waals surface area contributed by atoms with E-state index in [1.807, 2.05) is 16.8 Å². The standard InChI is InChI=1S/C13H15N5O/c1-9(7-18-5-4-15-8-18)16-13-17-11-6-10(14)2-3-12(11)19-13/h2-6,8-9H,7,14H2,1H3,(H,16,17). The molecule has 3 aromatic rings. The molecule has 0 aliphatic heterocycles. The van der Waals surface area contributed by atoms with Crippen LogP contribution in [0.5, 0.6) is 0 Å². The molecular weight excluding hydrogens is 242 g/mol. The Morgan fingerprint density at radius 2 is 2.37 bits per heavy atom. The van der Waals surface area contributed by atoms with E-state index in [4.69, 9.17) is 10.2 Å². The molecule has 0 saturated heterocycles. The van der Waals surface area contributed by atoms with Gasteiger partial charge in [0.25, 0.3) is 6.01 Å². The van der Waals surface area contributed by atoms with E-state index in [0.29, 0.717) is 11.7 Å². The molecule has 0 radical (unpaired) electrons. The Labute approximate surface area is 110 Å².